The molecule has 1 atom stereocenters. The highest BCUT2D eigenvalue weighted by atomic mass is 16.2. The van der Waals surface area contributed by atoms with Crippen LogP contribution >= 0.6 is 0 Å². The van der Waals surface area contributed by atoms with Crippen LogP contribution in [0.1, 0.15) is 12.0 Å². The molecule has 1 unspecified atom stereocenters. The number of hydrogen-bond donors (Lipinski definition) is 1. The van der Waals surface area contributed by atoms with Gasteiger partial charge in [-0.2, -0.15) is 0 Å². The maximum atomic E-state index is 11.2. The molecule has 1 fully saturated rings. The molecular formula is C12H13NO. The van der Waals surface area contributed by atoms with E-state index in [0.29, 0.717) is 5.57 Å². The molecule has 0 radical (unpaired) electrons. The summed E-state index contributed by atoms with van der Waals surface area (Å²) in [4.78, 5) is 11.2. The van der Waals surface area contributed by atoms with Gasteiger partial charge in [-0.1, -0.05) is 36.9 Å². The zero-order valence-electron chi connectivity index (χ0n) is 7.99. The van der Waals surface area contributed by atoms with Gasteiger partial charge in [-0.15, -0.1) is 0 Å². The third kappa shape index (κ3) is 1.84. The Bertz CT molecular complexity index is 340. The van der Waals surface area contributed by atoms with Crippen LogP contribution < -0.4 is 5.32 Å². The molecule has 0 aromatic heterocycles. The highest BCUT2D eigenvalue weighted by Gasteiger charge is 2.24. The number of benzene rings is 1. The molecule has 1 aliphatic heterocycles. The molecule has 1 aliphatic rings. The second-order valence-electron chi connectivity index (χ2n) is 3.67. The van der Waals surface area contributed by atoms with Crippen LogP contribution in [0.5, 0.6) is 0 Å². The van der Waals surface area contributed by atoms with Crippen molar-refractivity contribution in [3.05, 3.63) is 48.0 Å². The lowest BCUT2D eigenvalue weighted by molar-refractivity contribution is -0.116. The van der Waals surface area contributed by atoms with Gasteiger partial charge in [0.05, 0.1) is 0 Å². The largest absolute Gasteiger partial charge is 0.349 e. The highest BCUT2D eigenvalue weighted by molar-refractivity contribution is 5.95. The number of nitrogens with one attached hydrogen (secondary N) is 1. The van der Waals surface area contributed by atoms with E-state index < -0.39 is 0 Å². The standard InChI is InChI=1S/C12H13NO/c1-9-7-11(13-12(9)14)8-10-5-3-2-4-6-10/h2-6,11H,1,7-8H2,(H,13,14). The van der Waals surface area contributed by atoms with Crippen molar-refractivity contribution in [1.82, 2.24) is 5.32 Å². The van der Waals surface area contributed by atoms with Crippen LogP contribution in [0, 0.1) is 0 Å². The topological polar surface area (TPSA) is 29.1 Å². The number of carbonyl (C=O) groups excluding carboxylic acids is 1. The van der Waals surface area contributed by atoms with E-state index in [-0.39, 0.29) is 11.9 Å². The van der Waals surface area contributed by atoms with Gasteiger partial charge in [-0.3, -0.25) is 4.79 Å². The molecule has 2 rings (SSSR count). The summed E-state index contributed by atoms with van der Waals surface area (Å²) < 4.78 is 0. The third-order valence-electron chi connectivity index (χ3n) is 2.47. The lowest BCUT2D eigenvalue weighted by Crippen LogP contribution is -2.27. The van der Waals surface area contributed by atoms with Crippen molar-refractivity contribution in [2.24, 2.45) is 0 Å². The van der Waals surface area contributed by atoms with E-state index in [1.165, 1.54) is 5.56 Å². The van der Waals surface area contributed by atoms with Crippen molar-refractivity contribution in [1.29, 1.82) is 0 Å². The molecule has 2 nitrogen and oxygen atoms in total. The Balaban J connectivity index is 2.00. The number of carbonyl (C=O) groups is 1. The second-order valence-corrected chi connectivity index (χ2v) is 3.67. The van der Waals surface area contributed by atoms with E-state index >= 15 is 0 Å². The summed E-state index contributed by atoms with van der Waals surface area (Å²) in [6, 6.07) is 10.4. The SMILES string of the molecule is C=C1CC(Cc2ccccc2)NC1=O. The smallest absolute Gasteiger partial charge is 0.246 e. The normalized spacial score (nSPS) is 21.0. The third-order valence-corrected chi connectivity index (χ3v) is 2.47. The van der Waals surface area contributed by atoms with E-state index in [1.807, 2.05) is 18.2 Å². The Hall–Kier alpha value is -1.57. The van der Waals surface area contributed by atoms with Crippen molar-refractivity contribution >= 4 is 5.91 Å². The lowest BCUT2D eigenvalue weighted by Gasteiger charge is -2.08. The Morgan fingerprint density at radius 1 is 1.36 bits per heavy atom. The zero-order chi connectivity index (χ0) is 9.97. The molecule has 1 aromatic carbocycles. The lowest BCUT2D eigenvalue weighted by atomic mass is 10.0. The molecule has 1 N–H and O–H groups in total. The number of amides is 1. The Morgan fingerprint density at radius 3 is 2.64 bits per heavy atom. The van der Waals surface area contributed by atoms with Crippen molar-refractivity contribution < 1.29 is 4.79 Å². The van der Waals surface area contributed by atoms with Crippen LogP contribution in [-0.4, -0.2) is 11.9 Å². The summed E-state index contributed by atoms with van der Waals surface area (Å²) >= 11 is 0. The van der Waals surface area contributed by atoms with Crippen LogP contribution in [0.4, 0.5) is 0 Å². The maximum absolute atomic E-state index is 11.2. The molecule has 0 aliphatic carbocycles. The Morgan fingerprint density at radius 2 is 2.07 bits per heavy atom. The summed E-state index contributed by atoms with van der Waals surface area (Å²) in [6.07, 6.45) is 1.67. The fraction of sp³-hybridized carbons (Fsp3) is 0.250. The van der Waals surface area contributed by atoms with Gasteiger partial charge >= 0.3 is 0 Å². The molecule has 1 aromatic rings. The zero-order valence-corrected chi connectivity index (χ0v) is 7.99. The van der Waals surface area contributed by atoms with Gasteiger partial charge in [0.1, 0.15) is 0 Å². The number of hydrogen-bond acceptors (Lipinski definition) is 1. The average molecular weight is 187 g/mol. The summed E-state index contributed by atoms with van der Waals surface area (Å²) in [5, 5.41) is 2.91. The minimum Gasteiger partial charge on any atom is -0.349 e. The first-order valence-corrected chi connectivity index (χ1v) is 4.78. The van der Waals surface area contributed by atoms with Crippen LogP contribution in [0.25, 0.3) is 0 Å². The van der Waals surface area contributed by atoms with Crippen LogP contribution in [0.15, 0.2) is 42.5 Å². The fourth-order valence-corrected chi connectivity index (χ4v) is 1.75. The minimum absolute atomic E-state index is 0.00549. The van der Waals surface area contributed by atoms with Gasteiger partial charge in [-0.25, -0.2) is 0 Å². The first-order valence-electron chi connectivity index (χ1n) is 4.78. The molecule has 2 heteroatoms. The fourth-order valence-electron chi connectivity index (χ4n) is 1.75. The predicted molar refractivity (Wildman–Crippen MR) is 55.8 cm³/mol. The maximum Gasteiger partial charge on any atom is 0.246 e. The first kappa shape index (κ1) is 9.00. The van der Waals surface area contributed by atoms with Crippen LogP contribution in [0.2, 0.25) is 0 Å². The van der Waals surface area contributed by atoms with Gasteiger partial charge in [0.2, 0.25) is 5.91 Å². The summed E-state index contributed by atoms with van der Waals surface area (Å²) in [5.41, 5.74) is 1.96. The second kappa shape index (κ2) is 3.66. The first-order chi connectivity index (χ1) is 6.75. The molecule has 1 amide bonds. The predicted octanol–water partition coefficient (Wildman–Crippen LogP) is 1.67. The molecule has 0 spiro atoms. The van der Waals surface area contributed by atoms with Gasteiger partial charge in [0.15, 0.2) is 0 Å². The van der Waals surface area contributed by atoms with Gasteiger partial charge in [0, 0.05) is 11.6 Å². The van der Waals surface area contributed by atoms with E-state index in [0.717, 1.165) is 12.8 Å². The molecule has 1 saturated heterocycles. The summed E-state index contributed by atoms with van der Waals surface area (Å²) in [7, 11) is 0. The average Bonchev–Trinajstić information content (AvgIpc) is 2.47. The van der Waals surface area contributed by atoms with E-state index in [4.69, 9.17) is 0 Å². The Kier molecular flexibility index (Phi) is 2.35. The minimum atomic E-state index is 0.00549. The van der Waals surface area contributed by atoms with Crippen molar-refractivity contribution in [3.63, 3.8) is 0 Å². The van der Waals surface area contributed by atoms with E-state index in [9.17, 15) is 4.79 Å². The van der Waals surface area contributed by atoms with E-state index in [1.54, 1.807) is 0 Å². The van der Waals surface area contributed by atoms with Crippen molar-refractivity contribution in [3.8, 4) is 0 Å². The van der Waals surface area contributed by atoms with Crippen molar-refractivity contribution in [2.75, 3.05) is 0 Å². The molecule has 1 heterocycles. The molecule has 0 bridgehead atoms. The summed E-state index contributed by atoms with van der Waals surface area (Å²) in [5.74, 6) is 0.00549. The molecule has 72 valence electrons. The monoisotopic (exact) mass is 187 g/mol. The van der Waals surface area contributed by atoms with Gasteiger partial charge in [-0.05, 0) is 18.4 Å². The van der Waals surface area contributed by atoms with Crippen molar-refractivity contribution in [2.45, 2.75) is 18.9 Å². The van der Waals surface area contributed by atoms with Crippen LogP contribution in [-0.2, 0) is 11.2 Å². The number of rotatable bonds is 2. The summed E-state index contributed by atoms with van der Waals surface area (Å²) in [6.45, 7) is 3.72. The quantitative estimate of drug-likeness (QED) is 0.701. The van der Waals surface area contributed by atoms with E-state index in [2.05, 4.69) is 24.0 Å². The molecule has 0 saturated carbocycles. The molecule has 14 heavy (non-hydrogen) atoms. The highest BCUT2D eigenvalue weighted by Crippen LogP contribution is 2.16. The van der Waals surface area contributed by atoms with Gasteiger partial charge < -0.3 is 5.32 Å². The van der Waals surface area contributed by atoms with Crippen LogP contribution in [0.3, 0.4) is 0 Å². The Labute approximate surface area is 83.6 Å². The van der Waals surface area contributed by atoms with Gasteiger partial charge in [0.25, 0.3) is 0 Å². The molecular weight excluding hydrogens is 174 g/mol.